The summed E-state index contributed by atoms with van der Waals surface area (Å²) >= 11 is 0. The Morgan fingerprint density at radius 2 is 2.11 bits per heavy atom. The minimum absolute atomic E-state index is 0. The van der Waals surface area contributed by atoms with E-state index in [1.807, 2.05) is 0 Å². The van der Waals surface area contributed by atoms with Gasteiger partial charge < -0.3 is 16.4 Å². The topological polar surface area (TPSA) is 92.5 Å². The van der Waals surface area contributed by atoms with Crippen LogP contribution in [0.3, 0.4) is 0 Å². The van der Waals surface area contributed by atoms with Crippen molar-refractivity contribution in [1.82, 2.24) is 6.15 Å². The van der Waals surface area contributed by atoms with Crippen molar-refractivity contribution in [2.24, 2.45) is 0 Å². The van der Waals surface area contributed by atoms with E-state index >= 15 is 0 Å². The van der Waals surface area contributed by atoms with Crippen LogP contribution in [-0.2, 0) is 4.79 Å². The molecule has 56 valence electrons. The van der Waals surface area contributed by atoms with Gasteiger partial charge in [-0.25, -0.2) is 0 Å². The third kappa shape index (κ3) is 11.1. The van der Waals surface area contributed by atoms with E-state index in [0.717, 1.165) is 0 Å². The minimum Gasteiger partial charge on any atom is -0.481 e. The normalized spacial score (nSPS) is 11.8. The second kappa shape index (κ2) is 5.53. The predicted octanol–water partition coefficient (Wildman–Crippen LogP) is 0.394. The van der Waals surface area contributed by atoms with Crippen molar-refractivity contribution in [2.45, 2.75) is 25.9 Å². The smallest absolute Gasteiger partial charge is 0.303 e. The monoisotopic (exact) mass is 135 g/mol. The summed E-state index contributed by atoms with van der Waals surface area (Å²) in [5.41, 5.74) is 0. The highest BCUT2D eigenvalue weighted by atomic mass is 16.4. The SMILES string of the molecule is CC(O)CCC(=O)O.N. The molecule has 0 spiro atoms. The number of hydrogen-bond donors (Lipinski definition) is 3. The Bertz CT molecular complexity index is 82.3. The summed E-state index contributed by atoms with van der Waals surface area (Å²) in [4.78, 5) is 9.79. The van der Waals surface area contributed by atoms with Gasteiger partial charge in [-0.3, -0.25) is 4.79 Å². The Labute approximate surface area is 54.1 Å². The van der Waals surface area contributed by atoms with E-state index < -0.39 is 12.1 Å². The molecular formula is C5H13NO3. The van der Waals surface area contributed by atoms with Crippen LogP contribution < -0.4 is 6.15 Å². The molecule has 0 aliphatic carbocycles. The minimum atomic E-state index is -0.856. The lowest BCUT2D eigenvalue weighted by Gasteiger charge is -1.97. The highest BCUT2D eigenvalue weighted by Crippen LogP contribution is 1.93. The van der Waals surface area contributed by atoms with Crippen molar-refractivity contribution in [3.8, 4) is 0 Å². The molecule has 0 aromatic rings. The van der Waals surface area contributed by atoms with E-state index in [1.165, 1.54) is 0 Å². The fourth-order valence-corrected chi connectivity index (χ4v) is 0.332. The van der Waals surface area contributed by atoms with Gasteiger partial charge in [0.05, 0.1) is 6.10 Å². The molecule has 4 nitrogen and oxygen atoms in total. The molecule has 0 rings (SSSR count). The molecule has 0 saturated carbocycles. The molecule has 0 radical (unpaired) electrons. The van der Waals surface area contributed by atoms with E-state index in [-0.39, 0.29) is 12.6 Å². The van der Waals surface area contributed by atoms with Crippen LogP contribution in [-0.4, -0.2) is 22.3 Å². The number of carbonyl (C=O) groups is 1. The summed E-state index contributed by atoms with van der Waals surface area (Å²) < 4.78 is 0. The maximum Gasteiger partial charge on any atom is 0.303 e. The van der Waals surface area contributed by atoms with Crippen molar-refractivity contribution in [3.05, 3.63) is 0 Å². The maximum absolute atomic E-state index is 9.79. The van der Waals surface area contributed by atoms with Gasteiger partial charge in [-0.05, 0) is 13.3 Å². The van der Waals surface area contributed by atoms with Crippen molar-refractivity contribution < 1.29 is 15.0 Å². The summed E-state index contributed by atoms with van der Waals surface area (Å²) in [7, 11) is 0. The number of aliphatic hydroxyl groups excluding tert-OH is 1. The van der Waals surface area contributed by atoms with Crippen molar-refractivity contribution >= 4 is 5.97 Å². The fourth-order valence-electron chi connectivity index (χ4n) is 0.332. The molecule has 4 heteroatoms. The van der Waals surface area contributed by atoms with Gasteiger partial charge >= 0.3 is 5.97 Å². The first-order valence-corrected chi connectivity index (χ1v) is 2.53. The first-order valence-electron chi connectivity index (χ1n) is 2.53. The molecule has 0 saturated heterocycles. The van der Waals surface area contributed by atoms with E-state index in [1.54, 1.807) is 6.92 Å². The Morgan fingerprint density at radius 1 is 1.67 bits per heavy atom. The molecule has 0 aromatic heterocycles. The zero-order chi connectivity index (χ0) is 6.57. The van der Waals surface area contributed by atoms with Crippen LogP contribution >= 0.6 is 0 Å². The van der Waals surface area contributed by atoms with Gasteiger partial charge in [0.1, 0.15) is 0 Å². The third-order valence-electron chi connectivity index (χ3n) is 0.776. The summed E-state index contributed by atoms with van der Waals surface area (Å²) in [6.07, 6.45) is -0.0985. The zero-order valence-electron chi connectivity index (χ0n) is 5.50. The molecular weight excluding hydrogens is 122 g/mol. The molecule has 9 heavy (non-hydrogen) atoms. The Morgan fingerprint density at radius 3 is 2.22 bits per heavy atom. The van der Waals surface area contributed by atoms with Crippen LogP contribution in [0.15, 0.2) is 0 Å². The number of aliphatic carboxylic acids is 1. The van der Waals surface area contributed by atoms with Crippen molar-refractivity contribution in [1.29, 1.82) is 0 Å². The van der Waals surface area contributed by atoms with E-state index in [4.69, 9.17) is 10.2 Å². The van der Waals surface area contributed by atoms with Gasteiger partial charge in [0.2, 0.25) is 0 Å². The zero-order valence-corrected chi connectivity index (χ0v) is 5.50. The maximum atomic E-state index is 9.79. The Hall–Kier alpha value is -0.610. The molecule has 0 bridgehead atoms. The van der Waals surface area contributed by atoms with E-state index in [9.17, 15) is 4.79 Å². The van der Waals surface area contributed by atoms with Crippen LogP contribution in [0.4, 0.5) is 0 Å². The number of rotatable bonds is 3. The standard InChI is InChI=1S/C5H10O3.H3N/c1-4(6)2-3-5(7)8;/h4,6H,2-3H2,1H3,(H,7,8);1H3. The van der Waals surface area contributed by atoms with Crippen LogP contribution in [0, 0.1) is 0 Å². The lowest BCUT2D eigenvalue weighted by molar-refractivity contribution is -0.137. The molecule has 0 aliphatic heterocycles. The summed E-state index contributed by atoms with van der Waals surface area (Å²) in [6, 6.07) is 0. The molecule has 0 fully saturated rings. The first kappa shape index (κ1) is 11.2. The average Bonchev–Trinajstić information content (AvgIpc) is 1.61. The van der Waals surface area contributed by atoms with Crippen molar-refractivity contribution in [3.63, 3.8) is 0 Å². The second-order valence-corrected chi connectivity index (χ2v) is 1.78. The molecule has 5 N–H and O–H groups in total. The molecule has 0 aliphatic rings. The number of aliphatic hydroxyl groups is 1. The van der Waals surface area contributed by atoms with Gasteiger partial charge in [-0.1, -0.05) is 0 Å². The lowest BCUT2D eigenvalue weighted by atomic mass is 10.2. The fraction of sp³-hybridized carbons (Fsp3) is 0.800. The summed E-state index contributed by atoms with van der Waals surface area (Å²) in [6.45, 7) is 1.57. The number of carboxylic acids is 1. The lowest BCUT2D eigenvalue weighted by Crippen LogP contribution is -2.03. The van der Waals surface area contributed by atoms with E-state index in [0.29, 0.717) is 6.42 Å². The van der Waals surface area contributed by atoms with Crippen molar-refractivity contribution in [2.75, 3.05) is 0 Å². The molecule has 0 aromatic carbocycles. The third-order valence-corrected chi connectivity index (χ3v) is 0.776. The van der Waals surface area contributed by atoms with Gasteiger partial charge in [-0.15, -0.1) is 0 Å². The highest BCUT2D eigenvalue weighted by molar-refractivity contribution is 5.66. The van der Waals surface area contributed by atoms with Gasteiger partial charge in [0, 0.05) is 6.42 Å². The largest absolute Gasteiger partial charge is 0.481 e. The molecule has 1 atom stereocenters. The van der Waals surface area contributed by atoms with Crippen LogP contribution in [0.1, 0.15) is 19.8 Å². The summed E-state index contributed by atoms with van der Waals surface area (Å²) in [5, 5.41) is 16.6. The van der Waals surface area contributed by atoms with Crippen LogP contribution in [0.25, 0.3) is 0 Å². The Balaban J connectivity index is 0. The van der Waals surface area contributed by atoms with E-state index in [2.05, 4.69) is 0 Å². The predicted molar refractivity (Wildman–Crippen MR) is 33.6 cm³/mol. The van der Waals surface area contributed by atoms with Crippen LogP contribution in [0.5, 0.6) is 0 Å². The first-order chi connectivity index (χ1) is 3.63. The molecule has 0 heterocycles. The average molecular weight is 135 g/mol. The Kier molecular flexibility index (Phi) is 6.89. The van der Waals surface area contributed by atoms with Crippen LogP contribution in [0.2, 0.25) is 0 Å². The molecule has 1 unspecified atom stereocenters. The highest BCUT2D eigenvalue weighted by Gasteiger charge is 1.99. The quantitative estimate of drug-likeness (QED) is 0.522. The molecule has 0 amide bonds. The number of hydrogen-bond acceptors (Lipinski definition) is 3. The van der Waals surface area contributed by atoms with Gasteiger partial charge in [0.25, 0.3) is 0 Å². The second-order valence-electron chi connectivity index (χ2n) is 1.78. The van der Waals surface area contributed by atoms with Gasteiger partial charge in [-0.2, -0.15) is 0 Å². The summed E-state index contributed by atoms with van der Waals surface area (Å²) in [5.74, 6) is -0.856. The number of carboxylic acid groups (broad SMARTS) is 1. The van der Waals surface area contributed by atoms with Gasteiger partial charge in [0.15, 0.2) is 0 Å².